The Morgan fingerprint density at radius 1 is 1.50 bits per heavy atom. The van der Waals surface area contributed by atoms with E-state index in [1.807, 2.05) is 0 Å². The summed E-state index contributed by atoms with van der Waals surface area (Å²) in [6, 6.07) is 0. The number of hydrogen-bond donors (Lipinski definition) is 1. The first kappa shape index (κ1) is 3.99. The van der Waals surface area contributed by atoms with Crippen LogP contribution in [0.4, 0.5) is 8.78 Å². The lowest BCUT2D eigenvalue weighted by molar-refractivity contribution is -0.0475. The molecule has 6 heavy (non-hydrogen) atoms. The van der Waals surface area contributed by atoms with E-state index in [9.17, 15) is 8.78 Å². The van der Waals surface area contributed by atoms with E-state index in [0.717, 1.165) is 0 Å². The minimum Gasteiger partial charge on any atom is -0.305 e. The average Bonchev–Trinajstić information content (AvgIpc) is 1.32. The van der Waals surface area contributed by atoms with E-state index in [2.05, 4.69) is 5.32 Å². The van der Waals surface area contributed by atoms with Crippen molar-refractivity contribution in [3.8, 4) is 0 Å². The van der Waals surface area contributed by atoms with Gasteiger partial charge in [0.15, 0.2) is 0 Å². The van der Waals surface area contributed by atoms with Gasteiger partial charge in [-0.3, -0.25) is 0 Å². The molecule has 1 rings (SSSR count). The Morgan fingerprint density at radius 2 is 1.83 bits per heavy atom. The van der Waals surface area contributed by atoms with Crippen molar-refractivity contribution in [2.45, 2.75) is 5.92 Å². The monoisotopic (exact) mass is 94.0 g/mol. The second kappa shape index (κ2) is 0.904. The first-order chi connectivity index (χ1) is 2.71. The molecule has 1 N–H and O–H groups in total. The molecule has 1 nitrogen and oxygen atoms in total. The lowest BCUT2D eigenvalue weighted by Gasteiger charge is -2.25. The highest BCUT2D eigenvalue weighted by atomic mass is 19.3. The summed E-state index contributed by atoms with van der Waals surface area (Å²) in [6.45, 7) is -0.264. The van der Waals surface area contributed by atoms with Gasteiger partial charge in [-0.05, 0) is 0 Å². The fourth-order valence-electron chi connectivity index (χ4n) is 0.314. The highest BCUT2D eigenvalue weighted by Crippen LogP contribution is 2.16. The molecular weight excluding hydrogens is 88.0 g/mol. The van der Waals surface area contributed by atoms with Crippen molar-refractivity contribution in [1.82, 2.24) is 5.32 Å². The molecule has 1 heterocycles. The zero-order valence-corrected chi connectivity index (χ0v) is 3.17. The average molecular weight is 94.1 g/mol. The second-order valence-corrected chi connectivity index (χ2v) is 1.46. The molecule has 0 aromatic rings. The fraction of sp³-hybridized carbons (Fsp3) is 1.00. The summed E-state index contributed by atoms with van der Waals surface area (Å²) >= 11 is 0. The van der Waals surface area contributed by atoms with Gasteiger partial charge in [0.1, 0.15) is 0 Å². The van der Waals surface area contributed by atoms with E-state index in [-0.39, 0.29) is 14.5 Å². The summed E-state index contributed by atoms with van der Waals surface area (Å²) in [5.41, 5.74) is 0. The molecule has 0 aromatic heterocycles. The molecule has 0 amide bonds. The van der Waals surface area contributed by atoms with Gasteiger partial charge in [-0.1, -0.05) is 0 Å². The van der Waals surface area contributed by atoms with Crippen LogP contribution in [0.3, 0.4) is 0 Å². The van der Waals surface area contributed by atoms with Crippen LogP contribution >= 0.6 is 0 Å². The third-order valence-electron chi connectivity index (χ3n) is 0.767. The van der Waals surface area contributed by atoms with Gasteiger partial charge in [0.05, 0.1) is 13.1 Å². The van der Waals surface area contributed by atoms with Crippen molar-refractivity contribution in [2.75, 3.05) is 13.1 Å². The number of halogens is 2. The van der Waals surface area contributed by atoms with Crippen LogP contribution in [-0.4, -0.2) is 19.0 Å². The van der Waals surface area contributed by atoms with Gasteiger partial charge < -0.3 is 5.32 Å². The van der Waals surface area contributed by atoms with Crippen LogP contribution in [0, 0.1) is 0 Å². The molecule has 1 saturated heterocycles. The predicted octanol–water partition coefficient (Wildman–Crippen LogP) is 0.337. The molecule has 1 aliphatic heterocycles. The second-order valence-electron chi connectivity index (χ2n) is 1.46. The lowest BCUT2D eigenvalue weighted by Crippen LogP contribution is -2.52. The van der Waals surface area contributed by atoms with Gasteiger partial charge in [-0.15, -0.1) is 0 Å². The molecule has 0 atom stereocenters. The highest BCUT2D eigenvalue weighted by Gasteiger charge is 2.36. The molecule has 3 heteroatoms. The van der Waals surface area contributed by atoms with Crippen molar-refractivity contribution in [1.29, 1.82) is 0 Å². The molecule has 36 valence electrons. The minimum absolute atomic E-state index is 0. The van der Waals surface area contributed by atoms with Gasteiger partial charge in [0.2, 0.25) is 0 Å². The maximum absolute atomic E-state index is 11.5. The third kappa shape index (κ3) is 0.497. The Hall–Kier alpha value is -0.180. The largest absolute Gasteiger partial charge is 1.00 e. The first-order valence-corrected chi connectivity index (χ1v) is 1.79. The van der Waals surface area contributed by atoms with E-state index in [1.165, 1.54) is 0 Å². The van der Waals surface area contributed by atoms with E-state index in [4.69, 9.17) is 0 Å². The normalized spacial score (nSPS) is 29.0. The Bertz CT molecular complexity index is 60.0. The molecule has 0 radical (unpaired) electrons. The van der Waals surface area contributed by atoms with Crippen LogP contribution < -0.4 is 5.32 Å². The molecule has 1 fully saturated rings. The Kier molecular flexibility index (Phi) is 0.602. The topological polar surface area (TPSA) is 12.0 Å². The van der Waals surface area contributed by atoms with Crippen molar-refractivity contribution in [2.24, 2.45) is 0 Å². The lowest BCUT2D eigenvalue weighted by atomic mass is 10.2. The summed E-state index contributed by atoms with van der Waals surface area (Å²) in [6.07, 6.45) is 0. The summed E-state index contributed by atoms with van der Waals surface area (Å²) in [4.78, 5) is 0. The molecule has 0 aliphatic carbocycles. The molecule has 0 spiro atoms. The predicted molar refractivity (Wildman–Crippen MR) is 18.9 cm³/mol. The Labute approximate surface area is 35.8 Å². The Morgan fingerprint density at radius 3 is 1.83 bits per heavy atom. The summed E-state index contributed by atoms with van der Waals surface area (Å²) in [5.74, 6) is -2.39. The summed E-state index contributed by atoms with van der Waals surface area (Å²) in [7, 11) is 0. The molecule has 0 bridgehead atoms. The van der Waals surface area contributed by atoms with Gasteiger partial charge in [0, 0.05) is 0 Å². The highest BCUT2D eigenvalue weighted by molar-refractivity contribution is 4.81. The minimum atomic E-state index is -2.39. The number of rotatable bonds is 0. The van der Waals surface area contributed by atoms with Gasteiger partial charge in [-0.25, -0.2) is 8.78 Å². The van der Waals surface area contributed by atoms with Gasteiger partial charge >= 0.3 is 1.43 Å². The number of nitrogens with one attached hydrogen (secondary N) is 1. The van der Waals surface area contributed by atoms with E-state index >= 15 is 0 Å². The van der Waals surface area contributed by atoms with Crippen molar-refractivity contribution in [3.05, 3.63) is 0 Å². The van der Waals surface area contributed by atoms with Gasteiger partial charge in [0.25, 0.3) is 5.92 Å². The molecule has 0 unspecified atom stereocenters. The van der Waals surface area contributed by atoms with Crippen LogP contribution in [0.5, 0.6) is 0 Å². The van der Waals surface area contributed by atoms with Crippen LogP contribution in [0.1, 0.15) is 1.43 Å². The van der Waals surface area contributed by atoms with E-state index in [0.29, 0.717) is 0 Å². The number of alkyl halides is 2. The zero-order chi connectivity index (χ0) is 4.62. The van der Waals surface area contributed by atoms with Crippen LogP contribution in [-0.2, 0) is 0 Å². The van der Waals surface area contributed by atoms with E-state index in [1.54, 1.807) is 0 Å². The quantitative estimate of drug-likeness (QED) is 0.456. The maximum atomic E-state index is 11.5. The smallest absolute Gasteiger partial charge is 0.305 e. The van der Waals surface area contributed by atoms with Crippen LogP contribution in [0.25, 0.3) is 0 Å². The van der Waals surface area contributed by atoms with Crippen LogP contribution in [0.2, 0.25) is 0 Å². The summed E-state index contributed by atoms with van der Waals surface area (Å²) < 4.78 is 23.0. The van der Waals surface area contributed by atoms with E-state index < -0.39 is 5.92 Å². The molecule has 0 saturated carbocycles. The van der Waals surface area contributed by atoms with Crippen LogP contribution in [0.15, 0.2) is 0 Å². The van der Waals surface area contributed by atoms with Crippen molar-refractivity contribution < 1.29 is 10.2 Å². The van der Waals surface area contributed by atoms with Crippen molar-refractivity contribution >= 4 is 0 Å². The standard InChI is InChI=1S/C3H5F2N/c4-3(5)1-6-2-3/h6H,1-2H2/p+1. The zero-order valence-electron chi connectivity index (χ0n) is 4.17. The Balaban J connectivity index is 0.000000360. The first-order valence-electron chi connectivity index (χ1n) is 1.79. The summed E-state index contributed by atoms with van der Waals surface area (Å²) in [5, 5.41) is 2.45. The maximum Gasteiger partial charge on any atom is 1.00 e. The molecular formula is C3H6F2N+. The fourth-order valence-corrected chi connectivity index (χ4v) is 0.314. The molecule has 0 aromatic carbocycles. The SMILES string of the molecule is FC1(F)CNC1.[H+]. The van der Waals surface area contributed by atoms with Crippen molar-refractivity contribution in [3.63, 3.8) is 0 Å². The van der Waals surface area contributed by atoms with Gasteiger partial charge in [-0.2, -0.15) is 0 Å². The third-order valence-corrected chi connectivity index (χ3v) is 0.767. The molecule has 1 aliphatic rings. The number of hydrogen-bond acceptors (Lipinski definition) is 1.